The fourth-order valence-corrected chi connectivity index (χ4v) is 2.39. The van der Waals surface area contributed by atoms with Crippen molar-refractivity contribution >= 4 is 11.7 Å². The summed E-state index contributed by atoms with van der Waals surface area (Å²) in [5, 5.41) is 12.1. The number of amides is 2. The molecule has 0 bridgehead atoms. The predicted octanol–water partition coefficient (Wildman–Crippen LogP) is 1.69. The number of nitrogens with zero attached hydrogens (tertiary/aromatic N) is 1. The minimum absolute atomic E-state index is 0.0211. The van der Waals surface area contributed by atoms with Crippen LogP contribution in [0.15, 0.2) is 24.3 Å². The second kappa shape index (κ2) is 6.04. The maximum atomic E-state index is 12.1. The van der Waals surface area contributed by atoms with Crippen LogP contribution in [0.4, 0.5) is 10.5 Å². The van der Waals surface area contributed by atoms with Crippen molar-refractivity contribution in [3.63, 3.8) is 0 Å². The van der Waals surface area contributed by atoms with Crippen molar-refractivity contribution in [1.29, 1.82) is 0 Å². The molecule has 0 aliphatic carbocycles. The monoisotopic (exact) mass is 263 g/mol. The molecule has 1 aliphatic rings. The Morgan fingerprint density at radius 1 is 1.63 bits per heavy atom. The first-order valence-corrected chi connectivity index (χ1v) is 6.66. The second-order valence-corrected chi connectivity index (χ2v) is 5.02. The molecule has 2 unspecified atom stereocenters. The number of aliphatic hydroxyl groups is 1. The van der Waals surface area contributed by atoms with Crippen LogP contribution >= 0.6 is 0 Å². The minimum atomic E-state index is -0.154. The highest BCUT2D eigenvalue weighted by Gasteiger charge is 2.27. The quantitative estimate of drug-likeness (QED) is 0.776. The molecule has 1 saturated heterocycles. The number of aliphatic hydroxyl groups excluding tert-OH is 1. The number of urea groups is 1. The molecule has 2 amide bonds. The highest BCUT2D eigenvalue weighted by Crippen LogP contribution is 2.20. The average Bonchev–Trinajstić information content (AvgIpc) is 2.87. The molecule has 0 radical (unpaired) electrons. The van der Waals surface area contributed by atoms with E-state index in [1.807, 2.05) is 31.2 Å². The average molecular weight is 263 g/mol. The van der Waals surface area contributed by atoms with E-state index in [0.29, 0.717) is 6.54 Å². The number of anilines is 1. The van der Waals surface area contributed by atoms with Crippen LogP contribution in [0, 0.1) is 0 Å². The number of nitrogens with one attached hydrogen (secondary N) is 1. The predicted molar refractivity (Wildman–Crippen MR) is 74.9 cm³/mol. The van der Waals surface area contributed by atoms with Gasteiger partial charge in [-0.25, -0.2) is 4.79 Å². The molecular formula is C14H21N3O2. The van der Waals surface area contributed by atoms with Crippen molar-refractivity contribution in [1.82, 2.24) is 4.90 Å². The molecule has 4 N–H and O–H groups in total. The van der Waals surface area contributed by atoms with E-state index in [1.54, 1.807) is 4.90 Å². The van der Waals surface area contributed by atoms with Crippen molar-refractivity contribution in [2.75, 3.05) is 18.5 Å². The number of rotatable bonds is 3. The van der Waals surface area contributed by atoms with Crippen LogP contribution in [0.5, 0.6) is 0 Å². The molecule has 5 nitrogen and oxygen atoms in total. The maximum Gasteiger partial charge on any atom is 0.322 e. The van der Waals surface area contributed by atoms with Crippen molar-refractivity contribution in [2.24, 2.45) is 5.73 Å². The first-order valence-electron chi connectivity index (χ1n) is 6.66. The normalized spacial score (nSPS) is 20.4. The SMILES string of the molecule is CC(N)c1cccc(NC(=O)N2CCCC2CO)c1. The van der Waals surface area contributed by atoms with Gasteiger partial charge in [-0.2, -0.15) is 0 Å². The Kier molecular flexibility index (Phi) is 4.39. The van der Waals surface area contributed by atoms with Crippen LogP contribution in [0.3, 0.4) is 0 Å². The maximum absolute atomic E-state index is 12.1. The van der Waals surface area contributed by atoms with Crippen molar-refractivity contribution < 1.29 is 9.90 Å². The van der Waals surface area contributed by atoms with Gasteiger partial charge in [0.05, 0.1) is 12.6 Å². The molecular weight excluding hydrogens is 242 g/mol. The molecule has 5 heteroatoms. The van der Waals surface area contributed by atoms with Crippen molar-refractivity contribution in [3.05, 3.63) is 29.8 Å². The van der Waals surface area contributed by atoms with Gasteiger partial charge in [-0.05, 0) is 37.5 Å². The van der Waals surface area contributed by atoms with E-state index in [4.69, 9.17) is 5.73 Å². The molecule has 1 fully saturated rings. The van der Waals surface area contributed by atoms with E-state index in [2.05, 4.69) is 5.32 Å². The van der Waals surface area contributed by atoms with Gasteiger partial charge in [-0.15, -0.1) is 0 Å². The molecule has 1 aromatic carbocycles. The van der Waals surface area contributed by atoms with Crippen LogP contribution < -0.4 is 11.1 Å². The van der Waals surface area contributed by atoms with Gasteiger partial charge in [0.25, 0.3) is 0 Å². The Labute approximate surface area is 113 Å². The van der Waals surface area contributed by atoms with Gasteiger partial charge in [0, 0.05) is 18.3 Å². The lowest BCUT2D eigenvalue weighted by molar-refractivity contribution is 0.166. The van der Waals surface area contributed by atoms with Crippen LogP contribution in [0.2, 0.25) is 0 Å². The topological polar surface area (TPSA) is 78.6 Å². The standard InChI is InChI=1S/C14H21N3O2/c1-10(15)11-4-2-5-12(8-11)16-14(19)17-7-3-6-13(17)9-18/h2,4-5,8,10,13,18H,3,6-7,9,15H2,1H3,(H,16,19). The van der Waals surface area contributed by atoms with Gasteiger partial charge in [-0.3, -0.25) is 0 Å². The van der Waals surface area contributed by atoms with E-state index in [-0.39, 0.29) is 24.7 Å². The number of hydrogen-bond acceptors (Lipinski definition) is 3. The van der Waals surface area contributed by atoms with E-state index < -0.39 is 0 Å². The molecule has 0 spiro atoms. The third kappa shape index (κ3) is 3.24. The summed E-state index contributed by atoms with van der Waals surface area (Å²) in [6, 6.07) is 7.26. The lowest BCUT2D eigenvalue weighted by Crippen LogP contribution is -2.40. The number of carbonyl (C=O) groups excluding carboxylic acids is 1. The van der Waals surface area contributed by atoms with Crippen molar-refractivity contribution in [3.8, 4) is 0 Å². The van der Waals surface area contributed by atoms with E-state index >= 15 is 0 Å². The summed E-state index contributed by atoms with van der Waals surface area (Å²) in [5.41, 5.74) is 7.55. The summed E-state index contributed by atoms with van der Waals surface area (Å²) >= 11 is 0. The summed E-state index contributed by atoms with van der Waals surface area (Å²) in [7, 11) is 0. The van der Waals surface area contributed by atoms with Gasteiger partial charge >= 0.3 is 6.03 Å². The highest BCUT2D eigenvalue weighted by molar-refractivity contribution is 5.89. The van der Waals surface area contributed by atoms with Crippen LogP contribution in [-0.4, -0.2) is 35.2 Å². The molecule has 0 saturated carbocycles. The van der Waals surface area contributed by atoms with E-state index in [0.717, 1.165) is 24.1 Å². The molecule has 0 aromatic heterocycles. The number of benzene rings is 1. The molecule has 19 heavy (non-hydrogen) atoms. The number of nitrogens with two attached hydrogens (primary N) is 1. The Morgan fingerprint density at radius 3 is 3.11 bits per heavy atom. The summed E-state index contributed by atoms with van der Waals surface area (Å²) in [6.07, 6.45) is 1.81. The van der Waals surface area contributed by atoms with Crippen LogP contribution in [0.1, 0.15) is 31.4 Å². The van der Waals surface area contributed by atoms with Gasteiger partial charge in [0.15, 0.2) is 0 Å². The fraction of sp³-hybridized carbons (Fsp3) is 0.500. The van der Waals surface area contributed by atoms with Gasteiger partial charge in [0.2, 0.25) is 0 Å². The molecule has 1 heterocycles. The lowest BCUT2D eigenvalue weighted by atomic mass is 10.1. The Hall–Kier alpha value is -1.59. The molecule has 2 rings (SSSR count). The Morgan fingerprint density at radius 2 is 2.42 bits per heavy atom. The zero-order valence-electron chi connectivity index (χ0n) is 11.2. The fourth-order valence-electron chi connectivity index (χ4n) is 2.39. The zero-order chi connectivity index (χ0) is 13.8. The third-order valence-corrected chi connectivity index (χ3v) is 3.51. The number of likely N-dealkylation sites (tertiary alicyclic amines) is 1. The largest absolute Gasteiger partial charge is 0.394 e. The molecule has 2 atom stereocenters. The van der Waals surface area contributed by atoms with Gasteiger partial charge < -0.3 is 21.1 Å². The highest BCUT2D eigenvalue weighted by atomic mass is 16.3. The lowest BCUT2D eigenvalue weighted by Gasteiger charge is -2.23. The molecule has 104 valence electrons. The summed E-state index contributed by atoms with van der Waals surface area (Å²) in [5.74, 6) is 0. The van der Waals surface area contributed by atoms with Crippen LogP contribution in [-0.2, 0) is 0 Å². The minimum Gasteiger partial charge on any atom is -0.394 e. The summed E-state index contributed by atoms with van der Waals surface area (Å²) < 4.78 is 0. The third-order valence-electron chi connectivity index (χ3n) is 3.51. The number of hydrogen-bond donors (Lipinski definition) is 3. The van der Waals surface area contributed by atoms with Crippen LogP contribution in [0.25, 0.3) is 0 Å². The zero-order valence-corrected chi connectivity index (χ0v) is 11.2. The second-order valence-electron chi connectivity index (χ2n) is 5.02. The smallest absolute Gasteiger partial charge is 0.322 e. The summed E-state index contributed by atoms with van der Waals surface area (Å²) in [6.45, 7) is 2.63. The van der Waals surface area contributed by atoms with E-state index in [1.165, 1.54) is 0 Å². The first kappa shape index (κ1) is 13.8. The van der Waals surface area contributed by atoms with Gasteiger partial charge in [0.1, 0.15) is 0 Å². The first-order chi connectivity index (χ1) is 9.11. The molecule has 1 aromatic rings. The van der Waals surface area contributed by atoms with E-state index in [9.17, 15) is 9.90 Å². The Bertz CT molecular complexity index is 448. The Balaban J connectivity index is 2.04. The van der Waals surface area contributed by atoms with Gasteiger partial charge in [-0.1, -0.05) is 12.1 Å². The van der Waals surface area contributed by atoms with Crippen molar-refractivity contribution in [2.45, 2.75) is 31.8 Å². The number of carbonyl (C=O) groups is 1. The molecule has 1 aliphatic heterocycles. The summed E-state index contributed by atoms with van der Waals surface area (Å²) in [4.78, 5) is 13.8.